The summed E-state index contributed by atoms with van der Waals surface area (Å²) in [6.45, 7) is 1.08. The van der Waals surface area contributed by atoms with Crippen molar-refractivity contribution in [2.75, 3.05) is 13.7 Å². The third kappa shape index (κ3) is 3.46. The Morgan fingerprint density at radius 2 is 2.03 bits per heavy atom. The van der Waals surface area contributed by atoms with Gasteiger partial charge in [-0.2, -0.15) is 0 Å². The van der Waals surface area contributed by atoms with Gasteiger partial charge in [0, 0.05) is 37.6 Å². The first-order chi connectivity index (χ1) is 16.6. The Hall–Kier alpha value is -3.94. The average molecular weight is 456 g/mol. The molecule has 4 heterocycles. The summed E-state index contributed by atoms with van der Waals surface area (Å²) >= 11 is 0. The summed E-state index contributed by atoms with van der Waals surface area (Å²) < 4.78 is 13.5. The number of benzene rings is 1. The highest BCUT2D eigenvalue weighted by atomic mass is 16.5. The van der Waals surface area contributed by atoms with E-state index in [0.717, 1.165) is 64.5 Å². The van der Waals surface area contributed by atoms with Crippen molar-refractivity contribution in [1.82, 2.24) is 24.4 Å². The van der Waals surface area contributed by atoms with Gasteiger partial charge >= 0.3 is 0 Å². The van der Waals surface area contributed by atoms with Gasteiger partial charge in [0.25, 0.3) is 0 Å². The number of aromatic nitrogens is 4. The van der Waals surface area contributed by atoms with Crippen LogP contribution in [-0.4, -0.2) is 44.0 Å². The van der Waals surface area contributed by atoms with E-state index < -0.39 is 0 Å². The number of ether oxygens (including phenoxy) is 1. The lowest BCUT2D eigenvalue weighted by Crippen LogP contribution is -2.34. The van der Waals surface area contributed by atoms with E-state index in [0.29, 0.717) is 24.9 Å². The summed E-state index contributed by atoms with van der Waals surface area (Å²) in [6, 6.07) is 10.1. The Balaban J connectivity index is 1.36. The zero-order valence-corrected chi connectivity index (χ0v) is 19.2. The van der Waals surface area contributed by atoms with Crippen LogP contribution in [0.5, 0.6) is 5.88 Å². The summed E-state index contributed by atoms with van der Waals surface area (Å²) in [5.74, 6) is 2.54. The normalized spacial score (nSPS) is 15.8. The van der Waals surface area contributed by atoms with Crippen LogP contribution >= 0.6 is 0 Å². The Labute approximate surface area is 196 Å². The number of hydrogen-bond acceptors (Lipinski definition) is 6. The van der Waals surface area contributed by atoms with Gasteiger partial charge in [0.1, 0.15) is 17.7 Å². The number of oxazole rings is 1. The Kier molecular flexibility index (Phi) is 4.94. The molecule has 2 aliphatic rings. The van der Waals surface area contributed by atoms with Crippen LogP contribution < -0.4 is 4.74 Å². The molecule has 0 spiro atoms. The van der Waals surface area contributed by atoms with E-state index in [1.54, 1.807) is 13.2 Å². The van der Waals surface area contributed by atoms with Crippen LogP contribution in [0.15, 0.2) is 47.2 Å². The monoisotopic (exact) mass is 455 g/mol. The third-order valence-electron chi connectivity index (χ3n) is 6.59. The first-order valence-electron chi connectivity index (χ1n) is 11.5. The number of methoxy groups -OCH3 is 1. The molecule has 0 atom stereocenters. The maximum atomic E-state index is 13.2. The molecule has 0 saturated heterocycles. The van der Waals surface area contributed by atoms with Crippen LogP contribution in [-0.2, 0) is 24.8 Å². The molecule has 8 heteroatoms. The lowest BCUT2D eigenvalue weighted by atomic mass is 10.1. The lowest BCUT2D eigenvalue weighted by molar-refractivity contribution is -0.127. The Morgan fingerprint density at radius 3 is 2.79 bits per heavy atom. The minimum atomic E-state index is -0.0677. The minimum Gasteiger partial charge on any atom is -0.480 e. The number of carbonyl (C=O) groups is 1. The van der Waals surface area contributed by atoms with Gasteiger partial charge in [-0.05, 0) is 24.5 Å². The summed E-state index contributed by atoms with van der Waals surface area (Å²) in [6.07, 6.45) is 7.98. The summed E-state index contributed by atoms with van der Waals surface area (Å²) in [5.41, 5.74) is 4.56. The van der Waals surface area contributed by atoms with Crippen LogP contribution in [0.25, 0.3) is 28.4 Å². The molecule has 4 aromatic rings. The van der Waals surface area contributed by atoms with E-state index in [4.69, 9.17) is 9.15 Å². The van der Waals surface area contributed by atoms with Crippen molar-refractivity contribution in [2.45, 2.75) is 31.7 Å². The van der Waals surface area contributed by atoms with Gasteiger partial charge in [-0.15, -0.1) is 0 Å². The molecule has 0 radical (unpaired) electrons. The standard InChI is InChI=1S/C26H25N5O3/c1-30-23(16-6-4-3-5-7-16)18(22-24(30)27-15-28-26(22)33-2)10-11-21(32)31-13-12-19-20(14-31)34-25(29-19)17-8-9-17/h3-7,10-11,15,17H,8-9,12-14H2,1-2H3/b11-10+. The molecule has 1 aliphatic heterocycles. The highest BCUT2D eigenvalue weighted by molar-refractivity contribution is 6.02. The number of nitrogens with zero attached hydrogens (tertiary/aromatic N) is 5. The zero-order valence-electron chi connectivity index (χ0n) is 19.2. The Morgan fingerprint density at radius 1 is 1.21 bits per heavy atom. The second kappa shape index (κ2) is 8.13. The molecule has 172 valence electrons. The molecule has 1 fully saturated rings. The van der Waals surface area contributed by atoms with Gasteiger partial charge in [0.05, 0.1) is 30.4 Å². The minimum absolute atomic E-state index is 0.0677. The molecule has 1 saturated carbocycles. The van der Waals surface area contributed by atoms with Gasteiger partial charge < -0.3 is 18.6 Å². The van der Waals surface area contributed by atoms with Crippen molar-refractivity contribution < 1.29 is 13.9 Å². The molecular formula is C26H25N5O3. The van der Waals surface area contributed by atoms with Crippen molar-refractivity contribution in [3.05, 3.63) is 65.6 Å². The lowest BCUT2D eigenvalue weighted by Gasteiger charge is -2.23. The largest absolute Gasteiger partial charge is 0.480 e. The van der Waals surface area contributed by atoms with E-state index in [9.17, 15) is 4.79 Å². The van der Waals surface area contributed by atoms with Crippen LogP contribution in [0.1, 0.15) is 41.7 Å². The van der Waals surface area contributed by atoms with Gasteiger partial charge in [-0.25, -0.2) is 15.0 Å². The molecule has 3 aromatic heterocycles. The summed E-state index contributed by atoms with van der Waals surface area (Å²) in [4.78, 5) is 28.4. The van der Waals surface area contributed by atoms with Gasteiger partial charge in [0.15, 0.2) is 5.89 Å². The fourth-order valence-electron chi connectivity index (χ4n) is 4.69. The smallest absolute Gasteiger partial charge is 0.246 e. The number of amides is 1. The highest BCUT2D eigenvalue weighted by Gasteiger charge is 2.32. The third-order valence-corrected chi connectivity index (χ3v) is 6.59. The number of aryl methyl sites for hydroxylation is 1. The van der Waals surface area contributed by atoms with Crippen LogP contribution in [0.4, 0.5) is 0 Å². The quantitative estimate of drug-likeness (QED) is 0.421. The SMILES string of the molecule is COc1ncnc2c1c(/C=C/C(=O)N1CCc3nc(C4CC4)oc3C1)c(-c1ccccc1)n2C. The number of hydrogen-bond donors (Lipinski definition) is 0. The van der Waals surface area contributed by atoms with Crippen LogP contribution in [0, 0.1) is 0 Å². The van der Waals surface area contributed by atoms with Crippen LogP contribution in [0.2, 0.25) is 0 Å². The molecule has 6 rings (SSSR count). The number of rotatable bonds is 5. The first-order valence-corrected chi connectivity index (χ1v) is 11.5. The fourth-order valence-corrected chi connectivity index (χ4v) is 4.69. The second-order valence-electron chi connectivity index (χ2n) is 8.81. The molecule has 0 N–H and O–H groups in total. The molecule has 1 amide bonds. The van der Waals surface area contributed by atoms with Gasteiger partial charge in [0.2, 0.25) is 11.8 Å². The van der Waals surface area contributed by atoms with Crippen molar-refractivity contribution in [3.8, 4) is 17.1 Å². The first kappa shape index (κ1) is 20.7. The number of carbonyl (C=O) groups excluding carboxylic acids is 1. The van der Waals surface area contributed by atoms with E-state index in [2.05, 4.69) is 15.0 Å². The van der Waals surface area contributed by atoms with E-state index in [1.165, 1.54) is 6.33 Å². The van der Waals surface area contributed by atoms with Gasteiger partial charge in [-0.3, -0.25) is 4.79 Å². The molecule has 8 nitrogen and oxygen atoms in total. The van der Waals surface area contributed by atoms with E-state index in [1.807, 2.05) is 52.9 Å². The maximum absolute atomic E-state index is 13.2. The molecule has 1 aliphatic carbocycles. The molecule has 1 aromatic carbocycles. The van der Waals surface area contributed by atoms with Crippen molar-refractivity contribution in [2.24, 2.45) is 7.05 Å². The fraction of sp³-hybridized carbons (Fsp3) is 0.308. The maximum Gasteiger partial charge on any atom is 0.246 e. The molecule has 34 heavy (non-hydrogen) atoms. The predicted octanol–water partition coefficient (Wildman–Crippen LogP) is 4.11. The van der Waals surface area contributed by atoms with Crippen molar-refractivity contribution >= 4 is 23.0 Å². The second-order valence-corrected chi connectivity index (χ2v) is 8.81. The zero-order chi connectivity index (χ0) is 23.2. The molecule has 0 unspecified atom stereocenters. The Bertz CT molecular complexity index is 1420. The molecular weight excluding hydrogens is 430 g/mol. The van der Waals surface area contributed by atoms with E-state index in [-0.39, 0.29) is 5.91 Å². The summed E-state index contributed by atoms with van der Waals surface area (Å²) in [5, 5.41) is 0.778. The van der Waals surface area contributed by atoms with Crippen molar-refractivity contribution in [3.63, 3.8) is 0 Å². The molecule has 0 bridgehead atoms. The topological polar surface area (TPSA) is 86.3 Å². The van der Waals surface area contributed by atoms with E-state index >= 15 is 0 Å². The average Bonchev–Trinajstić information content (AvgIpc) is 3.57. The predicted molar refractivity (Wildman–Crippen MR) is 127 cm³/mol. The van der Waals surface area contributed by atoms with Gasteiger partial charge in [-0.1, -0.05) is 30.3 Å². The van der Waals surface area contributed by atoms with Crippen molar-refractivity contribution in [1.29, 1.82) is 0 Å². The number of fused-ring (bicyclic) bond motifs is 2. The summed E-state index contributed by atoms with van der Waals surface area (Å²) in [7, 11) is 3.55. The van der Waals surface area contributed by atoms with Crippen LogP contribution in [0.3, 0.4) is 0 Å². The highest BCUT2D eigenvalue weighted by Crippen LogP contribution is 2.41.